The van der Waals surface area contributed by atoms with Gasteiger partial charge >= 0.3 is 0 Å². The summed E-state index contributed by atoms with van der Waals surface area (Å²) in [6.07, 6.45) is 7.79. The van der Waals surface area contributed by atoms with Crippen molar-refractivity contribution < 1.29 is 13.9 Å². The average Bonchev–Trinajstić information content (AvgIpc) is 3.34. The topological polar surface area (TPSA) is 34.7 Å². The number of anilines is 1. The molecule has 0 aromatic heterocycles. The Labute approximate surface area is 380 Å². The van der Waals surface area contributed by atoms with Crippen molar-refractivity contribution in [1.29, 1.82) is 0 Å². The van der Waals surface area contributed by atoms with Gasteiger partial charge in [-0.05, 0) is 159 Å². The van der Waals surface area contributed by atoms with E-state index in [0.29, 0.717) is 31.3 Å². The van der Waals surface area contributed by atoms with Gasteiger partial charge in [-0.15, -0.1) is 0 Å². The van der Waals surface area contributed by atoms with Crippen molar-refractivity contribution in [2.24, 2.45) is 5.92 Å². The second-order valence-electron chi connectivity index (χ2n) is 15.4. The van der Waals surface area contributed by atoms with E-state index in [4.69, 9.17) is 9.47 Å². The third-order valence-electron chi connectivity index (χ3n) is 11.7. The smallest absolute Gasteiger partial charge is 0.126 e. The number of nitrogens with zero attached hydrogens (tertiary/aromatic N) is 5. The molecule has 0 atom stereocenters. The number of hydrogen-bond donors (Lipinski definition) is 0. The Morgan fingerprint density at radius 3 is 1.57 bits per heavy atom. The molecule has 7 nitrogen and oxygen atoms in total. The van der Waals surface area contributed by atoms with Crippen molar-refractivity contribution in [3.8, 4) is 11.5 Å². The molecule has 0 unspecified atom stereocenters. The lowest BCUT2D eigenvalue weighted by molar-refractivity contribution is 0.0244. The van der Waals surface area contributed by atoms with Crippen LogP contribution in [0.2, 0.25) is 0 Å². The quantitative estimate of drug-likeness (QED) is 0.223. The highest BCUT2D eigenvalue weighted by atomic mass is 19.1. The number of halogens is 1. The Morgan fingerprint density at radius 2 is 1.11 bits per heavy atom. The molecule has 4 heterocycles. The molecule has 0 aliphatic carbocycles. The zero-order valence-corrected chi connectivity index (χ0v) is 43.4. The Bertz CT molecular complexity index is 1200. The third-order valence-corrected chi connectivity index (χ3v) is 11.7. The van der Waals surface area contributed by atoms with E-state index in [2.05, 4.69) is 81.8 Å². The lowest BCUT2D eigenvalue weighted by Gasteiger charge is -2.40. The molecule has 2 aromatic carbocycles. The summed E-state index contributed by atoms with van der Waals surface area (Å²) in [4.78, 5) is 12.4. The third kappa shape index (κ3) is 23.8. The lowest BCUT2D eigenvalue weighted by Crippen LogP contribution is -2.48. The molecule has 6 rings (SSSR count). The molecule has 4 aliphatic heterocycles. The molecule has 61 heavy (non-hydrogen) atoms. The van der Waals surface area contributed by atoms with Crippen LogP contribution in [0.1, 0.15) is 160 Å². The Kier molecular flexibility index (Phi) is 37.9. The van der Waals surface area contributed by atoms with Gasteiger partial charge in [-0.25, -0.2) is 4.39 Å². The number of likely N-dealkylation sites (tertiary alicyclic amines) is 3. The van der Waals surface area contributed by atoms with E-state index < -0.39 is 5.67 Å². The first-order valence-corrected chi connectivity index (χ1v) is 25.4. The van der Waals surface area contributed by atoms with Crippen LogP contribution in [0, 0.1) is 5.92 Å². The summed E-state index contributed by atoms with van der Waals surface area (Å²) in [5, 5.41) is 0. The molecular formula is C53H102FN5O2. The fraction of sp³-hybridized carbons (Fsp3) is 0.774. The van der Waals surface area contributed by atoms with Gasteiger partial charge < -0.3 is 29.1 Å². The Balaban J connectivity index is 0. The van der Waals surface area contributed by atoms with E-state index in [1.54, 1.807) is 7.11 Å². The maximum absolute atomic E-state index is 15.0. The number of hydrogen-bond acceptors (Lipinski definition) is 7. The average molecular weight is 860 g/mol. The highest BCUT2D eigenvalue weighted by Crippen LogP contribution is 2.33. The first-order valence-electron chi connectivity index (χ1n) is 25.4. The molecule has 8 heteroatoms. The molecular weight excluding hydrogens is 758 g/mol. The number of rotatable bonds is 11. The monoisotopic (exact) mass is 860 g/mol. The largest absolute Gasteiger partial charge is 0.497 e. The summed E-state index contributed by atoms with van der Waals surface area (Å²) >= 11 is 0. The van der Waals surface area contributed by atoms with E-state index in [1.165, 1.54) is 63.2 Å². The van der Waals surface area contributed by atoms with Gasteiger partial charge in [0.15, 0.2) is 0 Å². The molecule has 0 spiro atoms. The fourth-order valence-electron chi connectivity index (χ4n) is 8.15. The predicted octanol–water partition coefficient (Wildman–Crippen LogP) is 13.2. The van der Waals surface area contributed by atoms with Crippen LogP contribution in [0.3, 0.4) is 0 Å². The molecule has 4 aliphatic rings. The first kappa shape index (κ1) is 60.7. The molecule has 0 N–H and O–H groups in total. The number of piperazine rings is 1. The summed E-state index contributed by atoms with van der Waals surface area (Å²) in [7, 11) is 3.78. The molecule has 4 saturated heterocycles. The SMILES string of the molecule is CC.CC.CC.CC.CC.CC.CCOc1ccc(N2CCN(CCC3CCN(C(C)C)CC3)CC2)cc1.COc1ccc(C2CCN(CC3(F)CCN(C)CC3)CC2)cc1. The molecule has 358 valence electrons. The van der Waals surface area contributed by atoms with Gasteiger partial charge in [-0.2, -0.15) is 0 Å². The van der Waals surface area contributed by atoms with Crippen molar-refractivity contribution >= 4 is 5.69 Å². The van der Waals surface area contributed by atoms with E-state index in [-0.39, 0.29) is 0 Å². The van der Waals surface area contributed by atoms with Crippen LogP contribution in [0.15, 0.2) is 48.5 Å². The van der Waals surface area contributed by atoms with Crippen molar-refractivity contribution in [2.45, 2.75) is 166 Å². The van der Waals surface area contributed by atoms with Gasteiger partial charge in [-0.1, -0.05) is 95.2 Å². The van der Waals surface area contributed by atoms with Crippen molar-refractivity contribution in [3.05, 3.63) is 54.1 Å². The van der Waals surface area contributed by atoms with Crippen molar-refractivity contribution in [2.75, 3.05) is 104 Å². The van der Waals surface area contributed by atoms with Crippen LogP contribution >= 0.6 is 0 Å². The number of methoxy groups -OCH3 is 1. The molecule has 2 aromatic rings. The highest BCUT2D eigenvalue weighted by Gasteiger charge is 2.36. The highest BCUT2D eigenvalue weighted by molar-refractivity contribution is 5.49. The van der Waals surface area contributed by atoms with Crippen LogP contribution in [0.5, 0.6) is 11.5 Å². The summed E-state index contributed by atoms with van der Waals surface area (Å²) in [6, 6.07) is 17.7. The van der Waals surface area contributed by atoms with Crippen LogP contribution in [-0.2, 0) is 0 Å². The molecule has 0 saturated carbocycles. The predicted molar refractivity (Wildman–Crippen MR) is 270 cm³/mol. The summed E-state index contributed by atoms with van der Waals surface area (Å²) < 4.78 is 25.7. The maximum atomic E-state index is 15.0. The number of piperidine rings is 3. The fourth-order valence-corrected chi connectivity index (χ4v) is 8.15. The zero-order chi connectivity index (χ0) is 46.6. The minimum Gasteiger partial charge on any atom is -0.497 e. The van der Waals surface area contributed by atoms with Gasteiger partial charge in [-0.3, -0.25) is 4.90 Å². The zero-order valence-electron chi connectivity index (χ0n) is 43.4. The number of ether oxygens (including phenoxy) is 2. The van der Waals surface area contributed by atoms with Gasteiger partial charge in [0, 0.05) is 57.5 Å². The minimum atomic E-state index is -0.973. The van der Waals surface area contributed by atoms with E-state index in [1.807, 2.05) is 102 Å². The summed E-state index contributed by atoms with van der Waals surface area (Å²) in [5.74, 6) is 3.42. The normalized spacial score (nSPS) is 18.4. The van der Waals surface area contributed by atoms with Gasteiger partial charge in [0.05, 0.1) is 13.7 Å². The maximum Gasteiger partial charge on any atom is 0.126 e. The standard InChI is InChI=1S/C22H37N3O.C19H29FN2O.6C2H6/c1-4-26-22-7-5-21(6-8-22)25-17-15-23(16-18-25)12-9-20-10-13-24(14-11-20)19(2)3;1-21-13-9-19(20,10-14-21)15-22-11-7-17(8-12-22)16-3-5-18(23-2)6-4-16;6*1-2/h5-8,19-20H,4,9-18H2,1-3H3;3-6,17H,7-15H2,1-2H3;6*1-2H3. The minimum absolute atomic E-state index is 0.602. The van der Waals surface area contributed by atoms with Gasteiger partial charge in [0.2, 0.25) is 0 Å². The van der Waals surface area contributed by atoms with Gasteiger partial charge in [0.1, 0.15) is 17.2 Å². The summed E-state index contributed by atoms with van der Waals surface area (Å²) in [6.45, 7) is 44.4. The molecule has 0 bridgehead atoms. The van der Waals surface area contributed by atoms with E-state index in [0.717, 1.165) is 76.1 Å². The van der Waals surface area contributed by atoms with Crippen molar-refractivity contribution in [3.63, 3.8) is 0 Å². The van der Waals surface area contributed by atoms with Crippen molar-refractivity contribution in [1.82, 2.24) is 19.6 Å². The Hall–Kier alpha value is -2.39. The van der Waals surface area contributed by atoms with Crippen LogP contribution in [0.25, 0.3) is 0 Å². The van der Waals surface area contributed by atoms with Crippen LogP contribution in [0.4, 0.5) is 10.1 Å². The van der Waals surface area contributed by atoms with Gasteiger partial charge in [0.25, 0.3) is 0 Å². The Morgan fingerprint density at radius 1 is 0.623 bits per heavy atom. The summed E-state index contributed by atoms with van der Waals surface area (Å²) in [5.41, 5.74) is 1.74. The molecule has 0 amide bonds. The molecule has 4 fully saturated rings. The first-order chi connectivity index (χ1) is 29.7. The number of alkyl halides is 1. The second kappa shape index (κ2) is 38.1. The van der Waals surface area contributed by atoms with E-state index in [9.17, 15) is 4.39 Å². The van der Waals surface area contributed by atoms with Crippen LogP contribution < -0.4 is 14.4 Å². The van der Waals surface area contributed by atoms with Crippen LogP contribution in [-0.4, -0.2) is 131 Å². The van der Waals surface area contributed by atoms with E-state index >= 15 is 0 Å². The lowest BCUT2D eigenvalue weighted by atomic mass is 9.87. The number of benzene rings is 2. The second-order valence-corrected chi connectivity index (χ2v) is 15.4. The molecule has 0 radical (unpaired) electrons.